The van der Waals surface area contributed by atoms with Gasteiger partial charge >= 0.3 is 0 Å². The minimum atomic E-state index is -0.429. The van der Waals surface area contributed by atoms with Crippen LogP contribution in [0.3, 0.4) is 0 Å². The second-order valence-corrected chi connectivity index (χ2v) is 5.94. The molecule has 1 aromatic carbocycles. The first-order valence-corrected chi connectivity index (χ1v) is 6.56. The Bertz CT molecular complexity index is 521. The first kappa shape index (κ1) is 15.3. The molecule has 0 radical (unpaired) electrons. The van der Waals surface area contributed by atoms with E-state index in [2.05, 4.69) is 26.6 Å². The Morgan fingerprint density at radius 3 is 2.37 bits per heavy atom. The lowest BCUT2D eigenvalue weighted by Crippen LogP contribution is -2.32. The number of carbonyl (C=O) groups excluding carboxylic acids is 1. The Kier molecular flexibility index (Phi) is 5.13. The van der Waals surface area contributed by atoms with Gasteiger partial charge in [0.1, 0.15) is 11.6 Å². The molecule has 100 valence electrons. The Morgan fingerprint density at radius 2 is 1.89 bits per heavy atom. The van der Waals surface area contributed by atoms with Crippen LogP contribution < -0.4 is 10.6 Å². The Balaban J connectivity index is 2.75. The molecule has 0 atom stereocenters. The van der Waals surface area contributed by atoms with Crippen molar-refractivity contribution in [3.05, 3.63) is 40.5 Å². The van der Waals surface area contributed by atoms with Gasteiger partial charge in [-0.05, 0) is 45.0 Å². The van der Waals surface area contributed by atoms with Crippen LogP contribution in [0.15, 0.2) is 40.5 Å². The fourth-order valence-corrected chi connectivity index (χ4v) is 1.43. The molecule has 0 aliphatic carbocycles. The summed E-state index contributed by atoms with van der Waals surface area (Å²) < 4.78 is 0.927. The highest BCUT2D eigenvalue weighted by Crippen LogP contribution is 2.14. The van der Waals surface area contributed by atoms with Crippen LogP contribution in [0.2, 0.25) is 0 Å². The molecule has 0 saturated carbocycles. The Labute approximate surface area is 121 Å². The van der Waals surface area contributed by atoms with Crippen LogP contribution in [0.4, 0.5) is 5.69 Å². The predicted molar refractivity (Wildman–Crippen MR) is 79.4 cm³/mol. The number of hydrogen-bond acceptors (Lipinski definition) is 3. The Morgan fingerprint density at radius 1 is 1.32 bits per heavy atom. The monoisotopic (exact) mass is 321 g/mol. The van der Waals surface area contributed by atoms with Crippen LogP contribution in [0, 0.1) is 11.3 Å². The van der Waals surface area contributed by atoms with E-state index in [0.29, 0.717) is 5.69 Å². The van der Waals surface area contributed by atoms with Gasteiger partial charge in [-0.15, -0.1) is 0 Å². The second-order valence-electron chi connectivity index (χ2n) is 5.03. The zero-order valence-corrected chi connectivity index (χ0v) is 12.7. The first-order valence-electron chi connectivity index (χ1n) is 5.77. The van der Waals surface area contributed by atoms with Crippen LogP contribution in [0.1, 0.15) is 20.8 Å². The number of nitrogens with zero attached hydrogens (tertiary/aromatic N) is 1. The molecule has 4 nitrogen and oxygen atoms in total. The standard InChI is InChI=1S/C14H16BrN3O/c1-14(2,3)17-9-10(8-16)13(19)18-12-6-4-11(15)5-7-12/h4-7,9,17H,1-3H3,(H,18,19)/b10-9-. The van der Waals surface area contributed by atoms with Crippen molar-refractivity contribution in [2.24, 2.45) is 0 Å². The van der Waals surface area contributed by atoms with Crippen molar-refractivity contribution >= 4 is 27.5 Å². The third-order valence-corrected chi connectivity index (χ3v) is 2.65. The first-order chi connectivity index (χ1) is 8.81. The number of hydrogen-bond donors (Lipinski definition) is 2. The van der Waals surface area contributed by atoms with Crippen LogP contribution in [0.25, 0.3) is 0 Å². The fraction of sp³-hybridized carbons (Fsp3) is 0.286. The highest BCUT2D eigenvalue weighted by molar-refractivity contribution is 9.10. The lowest BCUT2D eigenvalue weighted by Gasteiger charge is -2.18. The van der Waals surface area contributed by atoms with E-state index in [1.165, 1.54) is 6.20 Å². The molecule has 0 aliphatic rings. The summed E-state index contributed by atoms with van der Waals surface area (Å²) in [7, 11) is 0. The molecule has 0 unspecified atom stereocenters. The number of rotatable bonds is 3. The topological polar surface area (TPSA) is 64.9 Å². The minimum absolute atomic E-state index is 0.0397. The summed E-state index contributed by atoms with van der Waals surface area (Å²) in [6, 6.07) is 9.04. The highest BCUT2D eigenvalue weighted by atomic mass is 79.9. The van der Waals surface area contributed by atoms with E-state index in [1.807, 2.05) is 39.0 Å². The zero-order chi connectivity index (χ0) is 14.5. The van der Waals surface area contributed by atoms with Crippen LogP contribution in [-0.2, 0) is 4.79 Å². The van der Waals surface area contributed by atoms with E-state index in [9.17, 15) is 4.79 Å². The molecular weight excluding hydrogens is 306 g/mol. The molecule has 0 bridgehead atoms. The summed E-state index contributed by atoms with van der Waals surface area (Å²) in [6.45, 7) is 5.85. The smallest absolute Gasteiger partial charge is 0.267 e. The van der Waals surface area contributed by atoms with E-state index in [0.717, 1.165) is 4.47 Å². The molecule has 0 saturated heterocycles. The molecule has 0 heterocycles. The van der Waals surface area contributed by atoms with Gasteiger partial charge in [-0.1, -0.05) is 15.9 Å². The van der Waals surface area contributed by atoms with E-state index >= 15 is 0 Å². The molecule has 19 heavy (non-hydrogen) atoms. The number of nitriles is 1. The van der Waals surface area contributed by atoms with Crippen LogP contribution >= 0.6 is 15.9 Å². The molecule has 1 aromatic rings. The third-order valence-electron chi connectivity index (χ3n) is 2.12. The van der Waals surface area contributed by atoms with Gasteiger partial charge < -0.3 is 10.6 Å². The maximum atomic E-state index is 11.9. The van der Waals surface area contributed by atoms with E-state index in [1.54, 1.807) is 12.1 Å². The molecule has 0 fully saturated rings. The second kappa shape index (κ2) is 6.39. The van der Waals surface area contributed by atoms with Gasteiger partial charge in [0.15, 0.2) is 0 Å². The lowest BCUT2D eigenvalue weighted by atomic mass is 10.1. The molecule has 0 spiro atoms. The van der Waals surface area contributed by atoms with Crippen LogP contribution in [-0.4, -0.2) is 11.4 Å². The lowest BCUT2D eigenvalue weighted by molar-refractivity contribution is -0.112. The summed E-state index contributed by atoms with van der Waals surface area (Å²) in [5.74, 6) is -0.429. The fourth-order valence-electron chi connectivity index (χ4n) is 1.17. The zero-order valence-electron chi connectivity index (χ0n) is 11.1. The molecule has 2 N–H and O–H groups in total. The number of amides is 1. The summed E-state index contributed by atoms with van der Waals surface area (Å²) in [5.41, 5.74) is 0.489. The summed E-state index contributed by atoms with van der Waals surface area (Å²) in [4.78, 5) is 11.9. The van der Waals surface area contributed by atoms with Crippen molar-refractivity contribution in [3.63, 3.8) is 0 Å². The van der Waals surface area contributed by atoms with Crippen LogP contribution in [0.5, 0.6) is 0 Å². The predicted octanol–water partition coefficient (Wildman–Crippen LogP) is 3.18. The van der Waals surface area contributed by atoms with Gasteiger partial charge in [0.05, 0.1) is 0 Å². The van der Waals surface area contributed by atoms with Crippen molar-refractivity contribution < 1.29 is 4.79 Å². The van der Waals surface area contributed by atoms with Gasteiger partial charge in [-0.3, -0.25) is 4.79 Å². The summed E-state index contributed by atoms with van der Waals surface area (Å²) in [6.07, 6.45) is 1.44. The van der Waals surface area contributed by atoms with Gasteiger partial charge in [-0.25, -0.2) is 0 Å². The minimum Gasteiger partial charge on any atom is -0.385 e. The molecule has 0 aliphatic heterocycles. The highest BCUT2D eigenvalue weighted by Gasteiger charge is 2.12. The normalized spacial score (nSPS) is 11.6. The summed E-state index contributed by atoms with van der Waals surface area (Å²) in [5, 5.41) is 14.7. The number of anilines is 1. The molecular formula is C14H16BrN3O. The van der Waals surface area contributed by atoms with Crippen molar-refractivity contribution in [1.82, 2.24) is 5.32 Å². The van der Waals surface area contributed by atoms with Crippen molar-refractivity contribution in [2.75, 3.05) is 5.32 Å². The van der Waals surface area contributed by atoms with Gasteiger partial charge in [0.2, 0.25) is 0 Å². The number of benzene rings is 1. The van der Waals surface area contributed by atoms with E-state index in [-0.39, 0.29) is 11.1 Å². The average molecular weight is 322 g/mol. The van der Waals surface area contributed by atoms with Gasteiger partial charge in [0, 0.05) is 21.9 Å². The third kappa shape index (κ3) is 5.58. The molecule has 5 heteroatoms. The van der Waals surface area contributed by atoms with Crippen molar-refractivity contribution in [1.29, 1.82) is 5.26 Å². The number of carbonyl (C=O) groups is 1. The number of halogens is 1. The molecule has 0 aromatic heterocycles. The van der Waals surface area contributed by atoms with Crippen molar-refractivity contribution in [3.8, 4) is 6.07 Å². The van der Waals surface area contributed by atoms with Crippen molar-refractivity contribution in [2.45, 2.75) is 26.3 Å². The Hall–Kier alpha value is -1.80. The van der Waals surface area contributed by atoms with E-state index < -0.39 is 5.91 Å². The largest absolute Gasteiger partial charge is 0.385 e. The molecule has 1 rings (SSSR count). The van der Waals surface area contributed by atoms with Gasteiger partial charge in [-0.2, -0.15) is 5.26 Å². The maximum Gasteiger partial charge on any atom is 0.267 e. The van der Waals surface area contributed by atoms with E-state index in [4.69, 9.17) is 5.26 Å². The molecule has 1 amide bonds. The van der Waals surface area contributed by atoms with Gasteiger partial charge in [0.25, 0.3) is 5.91 Å². The number of nitrogens with one attached hydrogen (secondary N) is 2. The quantitative estimate of drug-likeness (QED) is 0.663. The summed E-state index contributed by atoms with van der Waals surface area (Å²) >= 11 is 3.31. The maximum absolute atomic E-state index is 11.9. The SMILES string of the molecule is CC(C)(C)N/C=C(/C#N)C(=O)Nc1ccc(Br)cc1. The average Bonchev–Trinajstić information content (AvgIpc) is 2.31.